The van der Waals surface area contributed by atoms with Gasteiger partial charge in [0.15, 0.2) is 0 Å². The van der Waals surface area contributed by atoms with Gasteiger partial charge in [0.25, 0.3) is 0 Å². The van der Waals surface area contributed by atoms with Crippen LogP contribution in [0.2, 0.25) is 0 Å². The largest absolute Gasteiger partial charge is 0.478 e. The Bertz CT molecular complexity index is 594. The fraction of sp³-hybridized carbons (Fsp3) is 0.333. The highest BCUT2D eigenvalue weighted by Crippen LogP contribution is 2.29. The molecule has 5 heteroatoms. The summed E-state index contributed by atoms with van der Waals surface area (Å²) in [5.74, 6) is 0.176. The highest BCUT2D eigenvalue weighted by atomic mass is 32.1. The van der Waals surface area contributed by atoms with E-state index >= 15 is 0 Å². The van der Waals surface area contributed by atoms with Gasteiger partial charge < -0.3 is 10.4 Å². The van der Waals surface area contributed by atoms with Gasteiger partial charge in [0.1, 0.15) is 5.82 Å². The summed E-state index contributed by atoms with van der Waals surface area (Å²) in [6, 6.07) is 7.63. The van der Waals surface area contributed by atoms with Crippen LogP contribution in [-0.2, 0) is 0 Å². The van der Waals surface area contributed by atoms with Crippen LogP contribution in [-0.4, -0.2) is 16.1 Å². The van der Waals surface area contributed by atoms with Gasteiger partial charge in [-0.25, -0.2) is 9.78 Å². The van der Waals surface area contributed by atoms with E-state index in [1.807, 2.05) is 6.07 Å². The Morgan fingerprint density at radius 3 is 2.60 bits per heavy atom. The summed E-state index contributed by atoms with van der Waals surface area (Å²) >= 11 is 1.71. The van der Waals surface area contributed by atoms with E-state index in [0.717, 1.165) is 0 Å². The molecule has 0 radical (unpaired) electrons. The molecule has 0 aliphatic carbocycles. The summed E-state index contributed by atoms with van der Waals surface area (Å²) in [6.07, 6.45) is 0. The van der Waals surface area contributed by atoms with Gasteiger partial charge >= 0.3 is 5.97 Å². The molecule has 1 unspecified atom stereocenters. The number of hydrogen-bond acceptors (Lipinski definition) is 4. The van der Waals surface area contributed by atoms with E-state index in [1.165, 1.54) is 4.88 Å². The van der Waals surface area contributed by atoms with Crippen LogP contribution in [0.4, 0.5) is 5.82 Å². The zero-order chi connectivity index (χ0) is 14.7. The molecule has 0 aliphatic rings. The van der Waals surface area contributed by atoms with Gasteiger partial charge in [-0.3, -0.25) is 0 Å². The second-order valence-electron chi connectivity index (χ2n) is 5.02. The number of aromatic nitrogens is 1. The van der Waals surface area contributed by atoms with Crippen molar-refractivity contribution < 1.29 is 9.90 Å². The van der Waals surface area contributed by atoms with E-state index in [4.69, 9.17) is 5.11 Å². The van der Waals surface area contributed by atoms with Crippen molar-refractivity contribution in [1.29, 1.82) is 0 Å². The van der Waals surface area contributed by atoms with E-state index in [1.54, 1.807) is 30.4 Å². The predicted octanol–water partition coefficient (Wildman–Crippen LogP) is 3.96. The first-order valence-corrected chi connectivity index (χ1v) is 7.38. The monoisotopic (exact) mass is 290 g/mol. The SMILES string of the molecule is Cc1nc(NC(c2cccs2)C(C)C)ccc1C(=O)O. The van der Waals surface area contributed by atoms with Crippen molar-refractivity contribution in [2.75, 3.05) is 5.32 Å². The Morgan fingerprint density at radius 1 is 1.35 bits per heavy atom. The third kappa shape index (κ3) is 3.17. The topological polar surface area (TPSA) is 62.2 Å². The number of carbonyl (C=O) groups is 1. The number of aromatic carboxylic acids is 1. The number of carboxylic acid groups (broad SMARTS) is 1. The second-order valence-corrected chi connectivity index (χ2v) is 6.00. The molecule has 0 aliphatic heterocycles. The number of nitrogens with zero attached hydrogens (tertiary/aromatic N) is 1. The molecule has 0 saturated heterocycles. The third-order valence-electron chi connectivity index (χ3n) is 3.14. The highest BCUT2D eigenvalue weighted by molar-refractivity contribution is 7.10. The summed E-state index contributed by atoms with van der Waals surface area (Å²) in [6.45, 7) is 6.01. The Kier molecular flexibility index (Phi) is 4.39. The van der Waals surface area contributed by atoms with Crippen LogP contribution < -0.4 is 5.32 Å². The maximum atomic E-state index is 11.0. The fourth-order valence-corrected chi connectivity index (χ4v) is 3.01. The maximum absolute atomic E-state index is 11.0. The first-order chi connectivity index (χ1) is 9.49. The molecule has 4 nitrogen and oxygen atoms in total. The molecule has 2 heterocycles. The molecule has 2 N–H and O–H groups in total. The molecule has 0 bridgehead atoms. The standard InChI is InChI=1S/C15H18N2O2S/c1-9(2)14(12-5-4-8-20-12)17-13-7-6-11(15(18)19)10(3)16-13/h4-9,14H,1-3H3,(H,16,17)(H,18,19). The number of anilines is 1. The first kappa shape index (κ1) is 14.5. The fourth-order valence-electron chi connectivity index (χ4n) is 2.06. The van der Waals surface area contributed by atoms with E-state index < -0.39 is 5.97 Å². The van der Waals surface area contributed by atoms with Crippen LogP contribution in [0, 0.1) is 12.8 Å². The van der Waals surface area contributed by atoms with Crippen LogP contribution in [0.15, 0.2) is 29.6 Å². The zero-order valence-electron chi connectivity index (χ0n) is 11.8. The van der Waals surface area contributed by atoms with E-state index in [9.17, 15) is 4.79 Å². The van der Waals surface area contributed by atoms with Crippen molar-refractivity contribution in [3.8, 4) is 0 Å². The minimum atomic E-state index is -0.944. The zero-order valence-corrected chi connectivity index (χ0v) is 12.6. The number of hydrogen-bond donors (Lipinski definition) is 2. The van der Waals surface area contributed by atoms with Gasteiger partial charge in [-0.15, -0.1) is 11.3 Å². The van der Waals surface area contributed by atoms with Crippen LogP contribution in [0.25, 0.3) is 0 Å². The van der Waals surface area contributed by atoms with E-state index in [2.05, 4.69) is 35.6 Å². The Hall–Kier alpha value is -1.88. The van der Waals surface area contributed by atoms with Crippen LogP contribution in [0.5, 0.6) is 0 Å². The predicted molar refractivity (Wildman–Crippen MR) is 81.5 cm³/mol. The minimum Gasteiger partial charge on any atom is -0.478 e. The molecule has 0 saturated carbocycles. The molecule has 0 fully saturated rings. The Balaban J connectivity index is 2.24. The lowest BCUT2D eigenvalue weighted by Gasteiger charge is -2.22. The Labute approximate surface area is 122 Å². The van der Waals surface area contributed by atoms with Gasteiger partial charge in [-0.1, -0.05) is 19.9 Å². The number of rotatable bonds is 5. The number of nitrogens with one attached hydrogen (secondary N) is 1. The smallest absolute Gasteiger partial charge is 0.337 e. The van der Waals surface area contributed by atoms with E-state index in [-0.39, 0.29) is 11.6 Å². The lowest BCUT2D eigenvalue weighted by Crippen LogP contribution is -2.17. The van der Waals surface area contributed by atoms with Crippen molar-refractivity contribution in [2.45, 2.75) is 26.8 Å². The van der Waals surface area contributed by atoms with Gasteiger partial charge in [0.2, 0.25) is 0 Å². The van der Waals surface area contributed by atoms with Gasteiger partial charge in [-0.2, -0.15) is 0 Å². The van der Waals surface area contributed by atoms with Crippen molar-refractivity contribution in [2.24, 2.45) is 5.92 Å². The van der Waals surface area contributed by atoms with Gasteiger partial charge in [-0.05, 0) is 36.4 Å². The van der Waals surface area contributed by atoms with Crippen molar-refractivity contribution in [3.63, 3.8) is 0 Å². The second kappa shape index (κ2) is 6.05. The summed E-state index contributed by atoms with van der Waals surface area (Å²) < 4.78 is 0. The molecule has 2 rings (SSSR count). The van der Waals surface area contributed by atoms with Gasteiger partial charge in [0.05, 0.1) is 17.3 Å². The Morgan fingerprint density at radius 2 is 2.10 bits per heavy atom. The number of pyridine rings is 1. The molecule has 2 aromatic heterocycles. The summed E-state index contributed by atoms with van der Waals surface area (Å²) in [4.78, 5) is 16.6. The van der Waals surface area contributed by atoms with Crippen molar-refractivity contribution in [3.05, 3.63) is 45.8 Å². The molecule has 1 atom stereocenters. The average molecular weight is 290 g/mol. The van der Waals surface area contributed by atoms with Gasteiger partial charge in [0, 0.05) is 4.88 Å². The first-order valence-electron chi connectivity index (χ1n) is 6.50. The van der Waals surface area contributed by atoms with Crippen LogP contribution in [0.1, 0.15) is 40.8 Å². The molecule has 20 heavy (non-hydrogen) atoms. The molecule has 0 spiro atoms. The van der Waals surface area contributed by atoms with Crippen LogP contribution >= 0.6 is 11.3 Å². The molecular formula is C15H18N2O2S. The van der Waals surface area contributed by atoms with Crippen molar-refractivity contribution >= 4 is 23.1 Å². The molecule has 0 amide bonds. The molecule has 2 aromatic rings. The quantitative estimate of drug-likeness (QED) is 0.875. The number of aryl methyl sites for hydroxylation is 1. The average Bonchev–Trinajstić information content (AvgIpc) is 2.88. The lowest BCUT2D eigenvalue weighted by atomic mass is 10.0. The highest BCUT2D eigenvalue weighted by Gasteiger charge is 2.18. The molecule has 106 valence electrons. The molecule has 0 aromatic carbocycles. The summed E-state index contributed by atoms with van der Waals surface area (Å²) in [7, 11) is 0. The van der Waals surface area contributed by atoms with Crippen molar-refractivity contribution in [1.82, 2.24) is 4.98 Å². The number of carboxylic acids is 1. The molecular weight excluding hydrogens is 272 g/mol. The lowest BCUT2D eigenvalue weighted by molar-refractivity contribution is 0.0695. The normalized spacial score (nSPS) is 12.4. The summed E-state index contributed by atoms with van der Waals surface area (Å²) in [5.41, 5.74) is 0.768. The van der Waals surface area contributed by atoms with E-state index in [0.29, 0.717) is 17.4 Å². The maximum Gasteiger partial charge on any atom is 0.337 e. The van der Waals surface area contributed by atoms with Crippen LogP contribution in [0.3, 0.4) is 0 Å². The summed E-state index contributed by atoms with van der Waals surface area (Å²) in [5, 5.41) is 14.5. The number of thiophene rings is 1. The minimum absolute atomic E-state index is 0.178. The third-order valence-corrected chi connectivity index (χ3v) is 4.09.